The number of nitrogens with zero attached hydrogens (tertiary/aromatic N) is 1. The second kappa shape index (κ2) is 48.7. The first-order valence-electron chi connectivity index (χ1n) is 26.6. The molecule has 1 N–H and O–H groups in total. The largest absolute Gasteiger partial charge is 0.472 e. The number of hydrogen-bond donors (Lipinski definition) is 1. The van der Waals surface area contributed by atoms with Crippen LogP contribution in [-0.2, 0) is 32.7 Å². The van der Waals surface area contributed by atoms with Gasteiger partial charge in [-0.3, -0.25) is 18.6 Å². The van der Waals surface area contributed by atoms with E-state index in [1.54, 1.807) is 0 Å². The molecule has 0 heterocycles. The predicted molar refractivity (Wildman–Crippen MR) is 288 cm³/mol. The van der Waals surface area contributed by atoms with Gasteiger partial charge in [0.25, 0.3) is 0 Å². The average Bonchev–Trinajstić information content (AvgIpc) is 3.30. The van der Waals surface area contributed by atoms with Crippen molar-refractivity contribution in [2.45, 2.75) is 200 Å². The molecular formula is C58H99NO8P+. The van der Waals surface area contributed by atoms with Crippen LogP contribution in [0.25, 0.3) is 0 Å². The Morgan fingerprint density at radius 2 is 0.794 bits per heavy atom. The Balaban J connectivity index is 4.28. The van der Waals surface area contributed by atoms with Crippen LogP contribution in [0.15, 0.2) is 109 Å². The van der Waals surface area contributed by atoms with E-state index in [0.29, 0.717) is 23.9 Å². The molecule has 0 amide bonds. The van der Waals surface area contributed by atoms with Crippen molar-refractivity contribution >= 4 is 19.8 Å². The number of phosphoric ester groups is 1. The summed E-state index contributed by atoms with van der Waals surface area (Å²) in [5, 5.41) is 0. The fraction of sp³-hybridized carbons (Fsp3) is 0.655. The number of ether oxygens (including phenoxy) is 2. The number of carbonyl (C=O) groups excluding carboxylic acids is 2. The minimum absolute atomic E-state index is 0.0216. The third kappa shape index (κ3) is 52.0. The second-order valence-electron chi connectivity index (χ2n) is 18.5. The summed E-state index contributed by atoms with van der Waals surface area (Å²) in [4.78, 5) is 35.6. The summed E-state index contributed by atoms with van der Waals surface area (Å²) in [5.74, 6) is -0.829. The van der Waals surface area contributed by atoms with Crippen LogP contribution in [0, 0.1) is 0 Å². The number of allylic oxidation sites excluding steroid dienone is 18. The number of hydrogen-bond acceptors (Lipinski definition) is 7. The maximum atomic E-state index is 12.8. The molecule has 0 aliphatic carbocycles. The van der Waals surface area contributed by atoms with Crippen LogP contribution in [0.4, 0.5) is 0 Å². The second-order valence-corrected chi connectivity index (χ2v) is 19.9. The molecule has 2 unspecified atom stereocenters. The van der Waals surface area contributed by atoms with E-state index in [2.05, 4.69) is 123 Å². The van der Waals surface area contributed by atoms with Gasteiger partial charge in [0.2, 0.25) is 0 Å². The molecule has 0 fully saturated rings. The Kier molecular flexibility index (Phi) is 46.3. The van der Waals surface area contributed by atoms with Gasteiger partial charge in [0, 0.05) is 12.8 Å². The van der Waals surface area contributed by atoms with E-state index in [4.69, 9.17) is 18.5 Å². The zero-order valence-corrected chi connectivity index (χ0v) is 44.7. The molecule has 0 radical (unpaired) electrons. The lowest BCUT2D eigenvalue weighted by atomic mass is 10.1. The van der Waals surface area contributed by atoms with Crippen LogP contribution in [0.5, 0.6) is 0 Å². The Morgan fingerprint density at radius 3 is 1.18 bits per heavy atom. The number of unbranched alkanes of at least 4 members (excludes halogenated alkanes) is 15. The molecule has 0 bridgehead atoms. The van der Waals surface area contributed by atoms with Gasteiger partial charge in [-0.2, -0.15) is 0 Å². The summed E-state index contributed by atoms with van der Waals surface area (Å²) in [6.45, 7) is 4.17. The highest BCUT2D eigenvalue weighted by Gasteiger charge is 2.27. The van der Waals surface area contributed by atoms with E-state index >= 15 is 0 Å². The first kappa shape index (κ1) is 64.7. The molecule has 2 atom stereocenters. The summed E-state index contributed by atoms with van der Waals surface area (Å²) in [6.07, 6.45) is 67.1. The highest BCUT2D eigenvalue weighted by Crippen LogP contribution is 2.43. The lowest BCUT2D eigenvalue weighted by Gasteiger charge is -2.24. The standard InChI is InChI=1S/C58H98NO8P/c1-6-8-10-12-14-16-18-20-22-24-26-27-28-29-30-31-33-35-37-39-41-43-45-47-49-51-58(61)67-56(55-66-68(62,63)65-53-52-59(3,4)5)54-64-57(60)50-48-46-44-42-40-38-36-34-32-25-23-21-19-17-15-13-11-9-7-2/h8-11,14-17,20-23,26-27,29-30,32,34,56H,6-7,12-13,18-19,24-25,28,31,33,35-55H2,1-5H3/p+1/b10-8-,11-9-,16-14-,17-15-,22-20-,23-21-,27-26-,30-29-,34-32-. The molecule has 0 aromatic heterocycles. The van der Waals surface area contributed by atoms with Crippen molar-refractivity contribution in [1.29, 1.82) is 0 Å². The van der Waals surface area contributed by atoms with Crippen molar-refractivity contribution in [3.8, 4) is 0 Å². The van der Waals surface area contributed by atoms with Gasteiger partial charge < -0.3 is 18.9 Å². The van der Waals surface area contributed by atoms with Crippen molar-refractivity contribution < 1.29 is 42.1 Å². The molecule has 9 nitrogen and oxygen atoms in total. The van der Waals surface area contributed by atoms with Gasteiger partial charge in [-0.1, -0.05) is 194 Å². The molecule has 0 aliphatic heterocycles. The number of quaternary nitrogens is 1. The maximum Gasteiger partial charge on any atom is 0.472 e. The molecule has 10 heteroatoms. The first-order chi connectivity index (χ1) is 33.0. The number of esters is 2. The molecule has 0 spiro atoms. The van der Waals surface area contributed by atoms with Crippen molar-refractivity contribution in [2.75, 3.05) is 47.5 Å². The fourth-order valence-electron chi connectivity index (χ4n) is 6.74. The molecule has 0 saturated carbocycles. The normalized spacial score (nSPS) is 14.3. The van der Waals surface area contributed by atoms with Gasteiger partial charge in [-0.15, -0.1) is 0 Å². The van der Waals surface area contributed by atoms with E-state index in [-0.39, 0.29) is 32.0 Å². The zero-order valence-electron chi connectivity index (χ0n) is 43.8. The zero-order chi connectivity index (χ0) is 49.9. The van der Waals surface area contributed by atoms with Gasteiger partial charge >= 0.3 is 19.8 Å². The summed E-state index contributed by atoms with van der Waals surface area (Å²) in [5.41, 5.74) is 0. The highest BCUT2D eigenvalue weighted by molar-refractivity contribution is 7.47. The molecule has 388 valence electrons. The summed E-state index contributed by atoms with van der Waals surface area (Å²) in [7, 11) is 1.45. The van der Waals surface area contributed by atoms with Gasteiger partial charge in [-0.25, -0.2) is 4.57 Å². The Morgan fingerprint density at radius 1 is 0.456 bits per heavy atom. The van der Waals surface area contributed by atoms with Gasteiger partial charge in [-0.05, 0) is 96.3 Å². The highest BCUT2D eigenvalue weighted by atomic mass is 31.2. The van der Waals surface area contributed by atoms with Crippen molar-refractivity contribution in [3.63, 3.8) is 0 Å². The van der Waals surface area contributed by atoms with E-state index in [1.165, 1.54) is 32.1 Å². The lowest BCUT2D eigenvalue weighted by Crippen LogP contribution is -2.37. The predicted octanol–water partition coefficient (Wildman–Crippen LogP) is 16.2. The van der Waals surface area contributed by atoms with Crippen LogP contribution >= 0.6 is 7.82 Å². The monoisotopic (exact) mass is 969 g/mol. The molecule has 0 aliphatic rings. The summed E-state index contributed by atoms with van der Waals surface area (Å²) >= 11 is 0. The van der Waals surface area contributed by atoms with Crippen LogP contribution in [-0.4, -0.2) is 74.9 Å². The van der Waals surface area contributed by atoms with Crippen molar-refractivity contribution in [3.05, 3.63) is 109 Å². The lowest BCUT2D eigenvalue weighted by molar-refractivity contribution is -0.870. The Labute approximate surface area is 416 Å². The Bertz CT molecular complexity index is 1520. The average molecular weight is 969 g/mol. The van der Waals surface area contributed by atoms with Gasteiger partial charge in [0.05, 0.1) is 27.7 Å². The topological polar surface area (TPSA) is 108 Å². The van der Waals surface area contributed by atoms with E-state index in [1.807, 2.05) is 21.1 Å². The maximum absolute atomic E-state index is 12.8. The number of rotatable bonds is 47. The van der Waals surface area contributed by atoms with Gasteiger partial charge in [0.1, 0.15) is 19.8 Å². The molecular weight excluding hydrogens is 870 g/mol. The molecule has 68 heavy (non-hydrogen) atoms. The van der Waals surface area contributed by atoms with Crippen LogP contribution in [0.2, 0.25) is 0 Å². The molecule has 0 aromatic rings. The van der Waals surface area contributed by atoms with E-state index in [0.717, 1.165) is 122 Å². The third-order valence-corrected chi connectivity index (χ3v) is 11.8. The number of likely N-dealkylation sites (N-methyl/N-ethyl adjacent to an activating group) is 1. The summed E-state index contributed by atoms with van der Waals surface area (Å²) in [6, 6.07) is 0. The number of carbonyl (C=O) groups is 2. The molecule has 0 rings (SSSR count). The van der Waals surface area contributed by atoms with Crippen LogP contribution < -0.4 is 0 Å². The van der Waals surface area contributed by atoms with Crippen molar-refractivity contribution in [1.82, 2.24) is 0 Å². The smallest absolute Gasteiger partial charge is 0.462 e. The number of phosphoric acid groups is 1. The minimum atomic E-state index is -4.40. The van der Waals surface area contributed by atoms with Gasteiger partial charge in [0.15, 0.2) is 6.10 Å². The summed E-state index contributed by atoms with van der Waals surface area (Å²) < 4.78 is 34.5. The van der Waals surface area contributed by atoms with Crippen molar-refractivity contribution in [2.24, 2.45) is 0 Å². The quantitative estimate of drug-likeness (QED) is 0.0211. The van der Waals surface area contributed by atoms with Crippen LogP contribution in [0.1, 0.15) is 194 Å². The molecule has 0 saturated heterocycles. The Hall–Kier alpha value is -3.33. The van der Waals surface area contributed by atoms with E-state index in [9.17, 15) is 19.0 Å². The SMILES string of the molecule is CC/C=C\C/C=C\C/C=C\C/C=C\C/C=C\CCCCCCCCCCCC(=O)OC(COC(=O)CCCCCCCC/C=C\C/C=C\C/C=C\C/C=C\CC)COP(=O)(O)OCC[N+](C)(C)C. The first-order valence-corrected chi connectivity index (χ1v) is 28.1. The fourth-order valence-corrected chi connectivity index (χ4v) is 7.48. The molecule has 0 aromatic carbocycles. The minimum Gasteiger partial charge on any atom is -0.462 e. The third-order valence-electron chi connectivity index (χ3n) is 10.8. The van der Waals surface area contributed by atoms with E-state index < -0.39 is 26.5 Å². The van der Waals surface area contributed by atoms with Crippen LogP contribution in [0.3, 0.4) is 0 Å².